The van der Waals surface area contributed by atoms with E-state index in [-0.39, 0.29) is 16.4 Å². The van der Waals surface area contributed by atoms with Crippen LogP contribution in [0.5, 0.6) is 0 Å². The molecule has 0 amide bonds. The summed E-state index contributed by atoms with van der Waals surface area (Å²) in [6.07, 6.45) is 6.26. The molecule has 9 heteroatoms. The fourth-order valence-electron chi connectivity index (χ4n) is 3.09. The Morgan fingerprint density at radius 1 is 1.21 bits per heavy atom. The topological polar surface area (TPSA) is 101 Å². The number of nitrogens with zero attached hydrogens (tertiary/aromatic N) is 2. The maximum Gasteiger partial charge on any atom is 0.290 e. The summed E-state index contributed by atoms with van der Waals surface area (Å²) in [6, 6.07) is 9.97. The van der Waals surface area contributed by atoms with E-state index in [0.717, 1.165) is 30.6 Å². The van der Waals surface area contributed by atoms with Crippen LogP contribution in [0.15, 0.2) is 59.8 Å². The molecule has 7 nitrogen and oxygen atoms in total. The number of aromatic nitrogens is 2. The normalized spacial score (nSPS) is 14.1. The van der Waals surface area contributed by atoms with Gasteiger partial charge in [0.15, 0.2) is 0 Å². The minimum absolute atomic E-state index is 0.0864. The van der Waals surface area contributed by atoms with E-state index in [0.29, 0.717) is 11.0 Å². The highest BCUT2D eigenvalue weighted by molar-refractivity contribution is 7.90. The van der Waals surface area contributed by atoms with Crippen molar-refractivity contribution < 1.29 is 18.3 Å². The molecule has 0 aliphatic carbocycles. The third-order valence-corrected chi connectivity index (χ3v) is 6.48. The number of rotatable bonds is 3. The van der Waals surface area contributed by atoms with Gasteiger partial charge < -0.3 is 10.4 Å². The monoisotopic (exact) mass is 419 g/mol. The van der Waals surface area contributed by atoms with Gasteiger partial charge in [-0.2, -0.15) is 0 Å². The minimum atomic E-state index is -3.81. The fraction of sp³-hybridized carbons (Fsp3) is 0.158. The van der Waals surface area contributed by atoms with Crippen molar-refractivity contribution in [2.45, 2.75) is 11.3 Å². The molecular weight excluding hydrogens is 402 g/mol. The largest absolute Gasteiger partial charge is 0.483 e. The molecule has 4 rings (SSSR count). The standard InChI is InChI=1S/C18H16ClN3O2S.CH2O2/c19-15-4-1-2-6-17(15)25(23,24)22-12-14(13-7-10-20-11-8-13)18-16(22)5-3-9-21-18;2-1-3/h1-7,9,12,20H,8,10-11H2;1H,(H,2,3). The molecule has 1 aromatic carbocycles. The molecule has 0 saturated heterocycles. The summed E-state index contributed by atoms with van der Waals surface area (Å²) in [4.78, 5) is 12.9. The number of carboxylic acid groups (broad SMARTS) is 1. The Morgan fingerprint density at radius 3 is 2.64 bits per heavy atom. The SMILES string of the molecule is O=CO.O=S(=O)(c1ccccc1Cl)n1cc(C2=CCNCC2)c2ncccc21. The molecule has 146 valence electrons. The average molecular weight is 420 g/mol. The van der Waals surface area contributed by atoms with Crippen LogP contribution in [0.3, 0.4) is 0 Å². The van der Waals surface area contributed by atoms with Crippen molar-refractivity contribution in [2.24, 2.45) is 0 Å². The van der Waals surface area contributed by atoms with Gasteiger partial charge in [0.1, 0.15) is 4.90 Å². The van der Waals surface area contributed by atoms with Crippen molar-refractivity contribution in [1.29, 1.82) is 0 Å². The zero-order valence-electron chi connectivity index (χ0n) is 14.7. The number of pyridine rings is 1. The third kappa shape index (κ3) is 3.80. The maximum absolute atomic E-state index is 13.2. The molecule has 28 heavy (non-hydrogen) atoms. The number of halogens is 1. The van der Waals surface area contributed by atoms with Crippen LogP contribution < -0.4 is 5.32 Å². The van der Waals surface area contributed by atoms with E-state index in [1.165, 1.54) is 10.0 Å². The van der Waals surface area contributed by atoms with Gasteiger partial charge in [0.25, 0.3) is 16.5 Å². The predicted molar refractivity (Wildman–Crippen MR) is 108 cm³/mol. The van der Waals surface area contributed by atoms with Gasteiger partial charge in [-0.15, -0.1) is 0 Å². The minimum Gasteiger partial charge on any atom is -0.483 e. The Bertz CT molecular complexity index is 1140. The van der Waals surface area contributed by atoms with Crippen LogP contribution in [-0.4, -0.2) is 42.0 Å². The lowest BCUT2D eigenvalue weighted by molar-refractivity contribution is -0.122. The first-order valence-corrected chi connectivity index (χ1v) is 10.3. The first kappa shape index (κ1) is 20.1. The van der Waals surface area contributed by atoms with E-state index in [4.69, 9.17) is 21.5 Å². The summed E-state index contributed by atoms with van der Waals surface area (Å²) >= 11 is 6.14. The highest BCUT2D eigenvalue weighted by atomic mass is 35.5. The molecule has 2 N–H and O–H groups in total. The molecule has 3 heterocycles. The van der Waals surface area contributed by atoms with E-state index in [2.05, 4.69) is 16.4 Å². The van der Waals surface area contributed by atoms with E-state index in [9.17, 15) is 8.42 Å². The van der Waals surface area contributed by atoms with E-state index in [1.807, 2.05) is 0 Å². The summed E-state index contributed by atoms with van der Waals surface area (Å²) in [5.74, 6) is 0. The van der Waals surface area contributed by atoms with Gasteiger partial charge in [-0.3, -0.25) is 9.78 Å². The van der Waals surface area contributed by atoms with E-state index < -0.39 is 10.0 Å². The van der Waals surface area contributed by atoms with Gasteiger partial charge in [-0.25, -0.2) is 12.4 Å². The van der Waals surface area contributed by atoms with Crippen molar-refractivity contribution >= 4 is 44.7 Å². The van der Waals surface area contributed by atoms with Crippen molar-refractivity contribution in [3.8, 4) is 0 Å². The summed E-state index contributed by atoms with van der Waals surface area (Å²) in [6.45, 7) is 1.38. The van der Waals surface area contributed by atoms with Gasteiger partial charge >= 0.3 is 0 Å². The van der Waals surface area contributed by atoms with Crippen LogP contribution >= 0.6 is 11.6 Å². The van der Waals surface area contributed by atoms with Crippen molar-refractivity contribution in [3.05, 3.63) is 65.5 Å². The predicted octanol–water partition coefficient (Wildman–Crippen LogP) is 3.00. The molecule has 1 aliphatic heterocycles. The summed E-state index contributed by atoms with van der Waals surface area (Å²) < 4.78 is 27.7. The highest BCUT2D eigenvalue weighted by Gasteiger charge is 2.25. The first-order valence-electron chi connectivity index (χ1n) is 8.45. The molecule has 0 atom stereocenters. The number of nitrogens with one attached hydrogen (secondary N) is 1. The van der Waals surface area contributed by atoms with Gasteiger partial charge in [0, 0.05) is 24.5 Å². The van der Waals surface area contributed by atoms with E-state index in [1.54, 1.807) is 42.7 Å². The Hall–Kier alpha value is -2.68. The van der Waals surface area contributed by atoms with Gasteiger partial charge in [0.2, 0.25) is 0 Å². The first-order chi connectivity index (χ1) is 13.5. The average Bonchev–Trinajstić information content (AvgIpc) is 3.10. The van der Waals surface area contributed by atoms with Crippen molar-refractivity contribution in [1.82, 2.24) is 14.3 Å². The lowest BCUT2D eigenvalue weighted by Gasteiger charge is -2.12. The molecule has 0 unspecified atom stereocenters. The molecule has 0 bridgehead atoms. The Morgan fingerprint density at radius 2 is 1.96 bits per heavy atom. The number of hydrogen-bond acceptors (Lipinski definition) is 5. The number of benzene rings is 1. The smallest absolute Gasteiger partial charge is 0.290 e. The molecular formula is C19H18ClN3O4S. The summed E-state index contributed by atoms with van der Waals surface area (Å²) in [7, 11) is -3.81. The number of fused-ring (bicyclic) bond motifs is 1. The van der Waals surface area contributed by atoms with Gasteiger partial charge in [0.05, 0.1) is 16.1 Å². The van der Waals surface area contributed by atoms with Crippen LogP contribution in [0.1, 0.15) is 12.0 Å². The number of carbonyl (C=O) groups is 1. The third-order valence-electron chi connectivity index (χ3n) is 4.31. The lowest BCUT2D eigenvalue weighted by Crippen LogP contribution is -2.20. The molecule has 2 aromatic heterocycles. The van der Waals surface area contributed by atoms with Gasteiger partial charge in [-0.05, 0) is 42.8 Å². The Labute approximate surface area is 167 Å². The van der Waals surface area contributed by atoms with Crippen LogP contribution in [0, 0.1) is 0 Å². The van der Waals surface area contributed by atoms with Crippen LogP contribution in [-0.2, 0) is 14.8 Å². The summed E-state index contributed by atoms with van der Waals surface area (Å²) in [5.41, 5.74) is 3.20. The van der Waals surface area contributed by atoms with Crippen LogP contribution in [0.4, 0.5) is 0 Å². The quantitative estimate of drug-likeness (QED) is 0.633. The number of hydrogen-bond donors (Lipinski definition) is 2. The van der Waals surface area contributed by atoms with Crippen molar-refractivity contribution in [3.63, 3.8) is 0 Å². The zero-order valence-corrected chi connectivity index (χ0v) is 16.3. The second-order valence-corrected chi connectivity index (χ2v) is 8.12. The molecule has 3 aromatic rings. The van der Waals surface area contributed by atoms with Crippen molar-refractivity contribution in [2.75, 3.05) is 13.1 Å². The molecule has 0 spiro atoms. The van der Waals surface area contributed by atoms with Crippen LogP contribution in [0.25, 0.3) is 16.6 Å². The molecule has 1 aliphatic rings. The Kier molecular flexibility index (Phi) is 6.13. The lowest BCUT2D eigenvalue weighted by atomic mass is 10.0. The van der Waals surface area contributed by atoms with E-state index >= 15 is 0 Å². The van der Waals surface area contributed by atoms with Crippen LogP contribution in [0.2, 0.25) is 5.02 Å². The van der Waals surface area contributed by atoms with Gasteiger partial charge in [-0.1, -0.05) is 29.8 Å². The molecule has 0 radical (unpaired) electrons. The zero-order chi connectivity index (χ0) is 20.1. The second kappa shape index (κ2) is 8.55. The Balaban J connectivity index is 0.000000706. The summed E-state index contributed by atoms with van der Waals surface area (Å²) in [5, 5.41) is 10.4. The second-order valence-electron chi connectivity index (χ2n) is 5.93. The molecule has 0 fully saturated rings. The molecule has 0 saturated carbocycles. The maximum atomic E-state index is 13.2. The highest BCUT2D eigenvalue weighted by Crippen LogP contribution is 2.32. The fourth-order valence-corrected chi connectivity index (χ4v) is 4.95.